The number of nitrogens with zero attached hydrogens (tertiary/aromatic N) is 3. The molecule has 0 aliphatic rings. The van der Waals surface area contributed by atoms with Gasteiger partial charge in [-0.1, -0.05) is 67.7 Å². The lowest BCUT2D eigenvalue weighted by Crippen LogP contribution is -2.53. The van der Waals surface area contributed by atoms with Gasteiger partial charge in [-0.2, -0.15) is 12.7 Å². The van der Waals surface area contributed by atoms with Gasteiger partial charge in [0.1, 0.15) is 12.6 Å². The molecule has 0 bridgehead atoms. The van der Waals surface area contributed by atoms with Crippen LogP contribution in [0.3, 0.4) is 0 Å². The van der Waals surface area contributed by atoms with Gasteiger partial charge in [0, 0.05) is 37.2 Å². The molecule has 0 fully saturated rings. The second kappa shape index (κ2) is 13.8. The highest BCUT2D eigenvalue weighted by molar-refractivity contribution is 7.90. The number of amides is 2. The van der Waals surface area contributed by atoms with Crippen LogP contribution in [-0.4, -0.2) is 62.7 Å². The molecule has 0 spiro atoms. The van der Waals surface area contributed by atoms with Gasteiger partial charge in [0.2, 0.25) is 11.8 Å². The molecule has 36 heavy (non-hydrogen) atoms. The van der Waals surface area contributed by atoms with E-state index in [-0.39, 0.29) is 12.5 Å². The third kappa shape index (κ3) is 7.83. The van der Waals surface area contributed by atoms with E-state index in [1.807, 2.05) is 6.92 Å². The minimum Gasteiger partial charge on any atom is -0.354 e. The van der Waals surface area contributed by atoms with Crippen molar-refractivity contribution in [2.75, 3.05) is 31.5 Å². The van der Waals surface area contributed by atoms with Gasteiger partial charge >= 0.3 is 10.2 Å². The highest BCUT2D eigenvalue weighted by atomic mass is 35.5. The zero-order chi connectivity index (χ0) is 26.9. The number of benzene rings is 2. The monoisotopic (exact) mass is 556 g/mol. The topological polar surface area (TPSA) is 90.0 Å². The van der Waals surface area contributed by atoms with Gasteiger partial charge in [-0.05, 0) is 42.7 Å². The number of hydrogen-bond acceptors (Lipinski definition) is 4. The van der Waals surface area contributed by atoms with Crippen molar-refractivity contribution in [2.45, 2.75) is 45.7 Å². The van der Waals surface area contributed by atoms with E-state index in [9.17, 15) is 18.0 Å². The number of anilines is 1. The van der Waals surface area contributed by atoms with Crippen LogP contribution < -0.4 is 9.62 Å². The molecular formula is C25H34Cl2N4O4S. The maximum Gasteiger partial charge on any atom is 0.304 e. The molecule has 1 N–H and O–H groups in total. The summed E-state index contributed by atoms with van der Waals surface area (Å²) in [6, 6.07) is 12.5. The molecule has 2 aromatic carbocycles. The first-order chi connectivity index (χ1) is 17.0. The summed E-state index contributed by atoms with van der Waals surface area (Å²) in [5, 5.41) is 3.68. The molecule has 2 rings (SSSR count). The van der Waals surface area contributed by atoms with Crippen molar-refractivity contribution in [1.29, 1.82) is 0 Å². The van der Waals surface area contributed by atoms with Crippen LogP contribution in [0.15, 0.2) is 48.5 Å². The molecular weight excluding hydrogens is 523 g/mol. The van der Waals surface area contributed by atoms with Crippen LogP contribution in [0.2, 0.25) is 10.0 Å². The van der Waals surface area contributed by atoms with Gasteiger partial charge in [-0.15, -0.1) is 0 Å². The van der Waals surface area contributed by atoms with Gasteiger partial charge in [-0.3, -0.25) is 9.59 Å². The van der Waals surface area contributed by atoms with E-state index >= 15 is 0 Å². The Hall–Kier alpha value is -2.33. The Labute approximate surface area is 224 Å². The summed E-state index contributed by atoms with van der Waals surface area (Å²) in [5.41, 5.74) is 0.931. The van der Waals surface area contributed by atoms with Crippen LogP contribution in [0.1, 0.15) is 38.7 Å². The van der Waals surface area contributed by atoms with E-state index in [4.69, 9.17) is 23.2 Å². The average molecular weight is 558 g/mol. The zero-order valence-electron chi connectivity index (χ0n) is 21.1. The van der Waals surface area contributed by atoms with Crippen LogP contribution in [0.5, 0.6) is 0 Å². The molecule has 0 aromatic heterocycles. The number of carbonyl (C=O) groups excluding carboxylic acids is 2. The number of unbranched alkanes of at least 4 members (excludes halogenated alkanes) is 1. The summed E-state index contributed by atoms with van der Waals surface area (Å²) in [7, 11) is -1.20. The summed E-state index contributed by atoms with van der Waals surface area (Å²) in [5.74, 6) is -0.834. The lowest BCUT2D eigenvalue weighted by atomic mass is 10.1. The maximum atomic E-state index is 13.8. The van der Waals surface area contributed by atoms with Crippen molar-refractivity contribution >= 4 is 50.9 Å². The number of carbonyl (C=O) groups is 2. The predicted molar refractivity (Wildman–Crippen MR) is 145 cm³/mol. The first-order valence-corrected chi connectivity index (χ1v) is 13.9. The summed E-state index contributed by atoms with van der Waals surface area (Å²) >= 11 is 12.4. The second-order valence-electron chi connectivity index (χ2n) is 8.46. The molecule has 2 amide bonds. The molecule has 0 heterocycles. The SMILES string of the molecule is CCCCNC(=O)[C@@H](CC)N(Cc1ccc(Cl)cc1Cl)C(=O)CN(c1ccccc1)S(=O)(=O)N(C)C. The molecule has 198 valence electrons. The van der Waals surface area contributed by atoms with Gasteiger partial charge in [0.25, 0.3) is 0 Å². The third-order valence-corrected chi connectivity index (χ3v) is 8.04. The lowest BCUT2D eigenvalue weighted by Gasteiger charge is -2.34. The molecule has 0 saturated heterocycles. The van der Waals surface area contributed by atoms with Gasteiger partial charge in [-0.25, -0.2) is 4.31 Å². The molecule has 8 nitrogen and oxygen atoms in total. The fourth-order valence-corrected chi connectivity index (χ4v) is 5.09. The number of halogens is 2. The van der Waals surface area contributed by atoms with Crippen LogP contribution in [0.25, 0.3) is 0 Å². The van der Waals surface area contributed by atoms with Crippen molar-refractivity contribution in [1.82, 2.24) is 14.5 Å². The predicted octanol–water partition coefficient (Wildman–Crippen LogP) is 4.33. The van der Waals surface area contributed by atoms with E-state index in [0.717, 1.165) is 21.5 Å². The first-order valence-electron chi connectivity index (χ1n) is 11.8. The van der Waals surface area contributed by atoms with E-state index in [1.54, 1.807) is 55.5 Å². The zero-order valence-corrected chi connectivity index (χ0v) is 23.4. The van der Waals surface area contributed by atoms with Gasteiger partial charge in [0.15, 0.2) is 0 Å². The van der Waals surface area contributed by atoms with E-state index in [2.05, 4.69) is 5.32 Å². The molecule has 0 saturated carbocycles. The first kappa shape index (κ1) is 29.9. The fraction of sp³-hybridized carbons (Fsp3) is 0.440. The van der Waals surface area contributed by atoms with Crippen LogP contribution in [-0.2, 0) is 26.3 Å². The molecule has 2 aromatic rings. The molecule has 0 unspecified atom stereocenters. The Morgan fingerprint density at radius 2 is 1.69 bits per heavy atom. The summed E-state index contributed by atoms with van der Waals surface area (Å²) in [4.78, 5) is 28.2. The number of nitrogens with one attached hydrogen (secondary N) is 1. The molecule has 0 aliphatic heterocycles. The second-order valence-corrected chi connectivity index (χ2v) is 11.4. The van der Waals surface area contributed by atoms with E-state index in [1.165, 1.54) is 19.0 Å². The largest absolute Gasteiger partial charge is 0.354 e. The summed E-state index contributed by atoms with van der Waals surface area (Å²) in [6.07, 6.45) is 2.05. The molecule has 11 heteroatoms. The van der Waals surface area contributed by atoms with Crippen LogP contribution in [0.4, 0.5) is 5.69 Å². The Balaban J connectivity index is 2.47. The maximum absolute atomic E-state index is 13.8. The van der Waals surface area contributed by atoms with Crippen molar-refractivity contribution < 1.29 is 18.0 Å². The number of para-hydroxylation sites is 1. The highest BCUT2D eigenvalue weighted by Gasteiger charge is 2.33. The van der Waals surface area contributed by atoms with E-state index in [0.29, 0.717) is 34.3 Å². The summed E-state index contributed by atoms with van der Waals surface area (Å²) in [6.45, 7) is 3.83. The smallest absolute Gasteiger partial charge is 0.304 e. The molecule has 0 radical (unpaired) electrons. The van der Waals surface area contributed by atoms with Crippen LogP contribution in [0, 0.1) is 0 Å². The number of rotatable bonds is 13. The van der Waals surface area contributed by atoms with Crippen molar-refractivity contribution in [3.63, 3.8) is 0 Å². The fourth-order valence-electron chi connectivity index (χ4n) is 3.57. The van der Waals surface area contributed by atoms with Crippen molar-refractivity contribution in [3.8, 4) is 0 Å². The Morgan fingerprint density at radius 3 is 2.25 bits per heavy atom. The van der Waals surface area contributed by atoms with Crippen molar-refractivity contribution in [3.05, 3.63) is 64.1 Å². The molecule has 0 aliphatic carbocycles. The van der Waals surface area contributed by atoms with Gasteiger partial charge in [0.05, 0.1) is 5.69 Å². The minimum atomic E-state index is -4.00. The average Bonchev–Trinajstić information content (AvgIpc) is 2.84. The van der Waals surface area contributed by atoms with E-state index < -0.39 is 28.7 Å². The quantitative estimate of drug-likeness (QED) is 0.372. The van der Waals surface area contributed by atoms with Gasteiger partial charge < -0.3 is 10.2 Å². The van der Waals surface area contributed by atoms with Crippen molar-refractivity contribution in [2.24, 2.45) is 0 Å². The molecule has 1 atom stereocenters. The Bertz CT molecular complexity index is 1130. The highest BCUT2D eigenvalue weighted by Crippen LogP contribution is 2.25. The Morgan fingerprint density at radius 1 is 1.03 bits per heavy atom. The Kier molecular flexibility index (Phi) is 11.5. The third-order valence-electron chi connectivity index (χ3n) is 5.63. The minimum absolute atomic E-state index is 0.0131. The number of hydrogen-bond donors (Lipinski definition) is 1. The van der Waals surface area contributed by atoms with Crippen LogP contribution >= 0.6 is 23.2 Å². The normalized spacial score (nSPS) is 12.3. The lowest BCUT2D eigenvalue weighted by molar-refractivity contribution is -0.140. The standard InChI is InChI=1S/C25H34Cl2N4O4S/c1-5-7-15-28-25(33)23(6-2)30(17-19-13-14-20(26)16-22(19)27)24(32)18-31(36(34,35)29(3)4)21-11-9-8-10-12-21/h8-14,16,23H,5-7,15,17-18H2,1-4H3,(H,28,33)/t23-/m1/s1. The summed E-state index contributed by atoms with van der Waals surface area (Å²) < 4.78 is 28.4.